The molecule has 0 bridgehead atoms. The highest BCUT2D eigenvalue weighted by Gasteiger charge is 2.43. The van der Waals surface area contributed by atoms with Crippen molar-refractivity contribution in [3.05, 3.63) is 38.4 Å². The van der Waals surface area contributed by atoms with Gasteiger partial charge >= 0.3 is 23.9 Å². The van der Waals surface area contributed by atoms with Crippen LogP contribution in [0, 0.1) is 10.1 Å². The van der Waals surface area contributed by atoms with Crippen LogP contribution >= 0.6 is 15.9 Å². The number of methoxy groups -OCH3 is 2. The second-order valence-corrected chi connectivity index (χ2v) is 6.32. The van der Waals surface area contributed by atoms with Gasteiger partial charge in [0.05, 0.1) is 14.2 Å². The average molecular weight is 458 g/mol. The molecule has 3 amide bonds. The first-order valence-electron chi connectivity index (χ1n) is 7.77. The molecule has 0 radical (unpaired) electrons. The summed E-state index contributed by atoms with van der Waals surface area (Å²) in [7, 11) is 2.63. The first-order chi connectivity index (χ1) is 13.3. The molecule has 11 nitrogen and oxygen atoms in total. The zero-order chi connectivity index (χ0) is 20.8. The molecular formula is C16H16BrN3O8. The van der Waals surface area contributed by atoms with Gasteiger partial charge in [-0.2, -0.15) is 0 Å². The van der Waals surface area contributed by atoms with Crippen LogP contribution in [0.5, 0.6) is 11.5 Å². The summed E-state index contributed by atoms with van der Waals surface area (Å²) in [6.45, 7) is -0.317. The fourth-order valence-electron chi connectivity index (χ4n) is 2.35. The number of rotatable bonds is 7. The van der Waals surface area contributed by atoms with Gasteiger partial charge in [-0.1, -0.05) is 28.1 Å². The normalized spacial score (nSPS) is 19.0. The molecule has 0 aromatic heterocycles. The number of nitrogens with zero attached hydrogens (tertiary/aromatic N) is 1. The molecule has 1 heterocycles. The van der Waals surface area contributed by atoms with Crippen LogP contribution < -0.4 is 20.1 Å². The van der Waals surface area contributed by atoms with Gasteiger partial charge in [-0.15, -0.1) is 0 Å². The number of imide groups is 1. The van der Waals surface area contributed by atoms with Crippen molar-refractivity contribution in [1.29, 1.82) is 0 Å². The van der Waals surface area contributed by atoms with Crippen molar-refractivity contribution in [3.63, 3.8) is 0 Å². The molecule has 1 aromatic rings. The second-order valence-electron chi connectivity index (χ2n) is 5.47. The summed E-state index contributed by atoms with van der Waals surface area (Å²) in [4.78, 5) is 44.7. The number of carbonyl (C=O) groups is 3. The number of nitrogens with one attached hydrogen (secondary N) is 2. The number of esters is 1. The Morgan fingerprint density at radius 2 is 2.04 bits per heavy atom. The topological polar surface area (TPSA) is 146 Å². The Hall–Kier alpha value is -3.15. The van der Waals surface area contributed by atoms with E-state index in [1.165, 1.54) is 26.4 Å². The number of halogens is 1. The molecule has 12 heteroatoms. The average Bonchev–Trinajstić information content (AvgIpc) is 2.64. The number of hydrogen-bond donors (Lipinski definition) is 2. The van der Waals surface area contributed by atoms with Gasteiger partial charge in [-0.3, -0.25) is 20.2 Å². The predicted octanol–water partition coefficient (Wildman–Crippen LogP) is 0.876. The lowest BCUT2D eigenvalue weighted by atomic mass is 10.0. The van der Waals surface area contributed by atoms with E-state index in [1.807, 2.05) is 5.32 Å². The van der Waals surface area contributed by atoms with E-state index in [-0.39, 0.29) is 12.4 Å². The van der Waals surface area contributed by atoms with Crippen LogP contribution in [-0.4, -0.2) is 55.7 Å². The SMILES string of the molecule is COC(=O)COc1cc(Br)c(/C=C\C2NC(=O)NC(=O)C2[N+](=O)[O-])cc1OC. The monoisotopic (exact) mass is 457 g/mol. The molecule has 28 heavy (non-hydrogen) atoms. The van der Waals surface area contributed by atoms with Crippen molar-refractivity contribution in [3.8, 4) is 11.5 Å². The molecule has 0 aliphatic carbocycles. The molecule has 2 atom stereocenters. The summed E-state index contributed by atoms with van der Waals surface area (Å²) in [5.41, 5.74) is 0.532. The molecule has 150 valence electrons. The first kappa shape index (κ1) is 21.2. The summed E-state index contributed by atoms with van der Waals surface area (Å²) in [6, 6.07) is -0.514. The number of nitro groups is 1. The quantitative estimate of drug-likeness (QED) is 0.348. The predicted molar refractivity (Wildman–Crippen MR) is 98.5 cm³/mol. The Morgan fingerprint density at radius 3 is 2.64 bits per heavy atom. The second kappa shape index (κ2) is 9.17. The summed E-state index contributed by atoms with van der Waals surface area (Å²) in [6.07, 6.45) is 2.81. The minimum Gasteiger partial charge on any atom is -0.493 e. The summed E-state index contributed by atoms with van der Waals surface area (Å²) < 4.78 is 15.6. The van der Waals surface area contributed by atoms with E-state index in [2.05, 4.69) is 26.0 Å². The van der Waals surface area contributed by atoms with Gasteiger partial charge < -0.3 is 19.5 Å². The highest BCUT2D eigenvalue weighted by molar-refractivity contribution is 9.10. The number of amides is 3. The van der Waals surface area contributed by atoms with Crippen LogP contribution in [0.4, 0.5) is 4.79 Å². The van der Waals surface area contributed by atoms with Crippen molar-refractivity contribution in [2.24, 2.45) is 0 Å². The fourth-order valence-corrected chi connectivity index (χ4v) is 2.80. The molecule has 1 saturated heterocycles. The van der Waals surface area contributed by atoms with E-state index in [9.17, 15) is 24.5 Å². The van der Waals surface area contributed by atoms with E-state index < -0.39 is 34.9 Å². The lowest BCUT2D eigenvalue weighted by Crippen LogP contribution is -2.62. The molecule has 0 spiro atoms. The van der Waals surface area contributed by atoms with E-state index in [0.29, 0.717) is 15.8 Å². The third-order valence-electron chi connectivity index (χ3n) is 3.71. The lowest BCUT2D eigenvalue weighted by molar-refractivity contribution is -0.510. The fraction of sp³-hybridized carbons (Fsp3) is 0.312. The van der Waals surface area contributed by atoms with Gasteiger partial charge in [0.15, 0.2) is 18.1 Å². The van der Waals surface area contributed by atoms with Crippen molar-refractivity contribution in [2.45, 2.75) is 12.1 Å². The zero-order valence-corrected chi connectivity index (χ0v) is 16.3. The van der Waals surface area contributed by atoms with E-state index in [0.717, 1.165) is 0 Å². The van der Waals surface area contributed by atoms with Crippen LogP contribution in [0.15, 0.2) is 22.7 Å². The van der Waals surface area contributed by atoms with Crippen LogP contribution in [0.1, 0.15) is 5.56 Å². The molecular weight excluding hydrogens is 442 g/mol. The highest BCUT2D eigenvalue weighted by Crippen LogP contribution is 2.34. The van der Waals surface area contributed by atoms with Crippen molar-refractivity contribution >= 4 is 39.9 Å². The first-order valence-corrected chi connectivity index (χ1v) is 8.56. The minimum absolute atomic E-state index is 0.269. The van der Waals surface area contributed by atoms with Crippen molar-refractivity contribution in [2.75, 3.05) is 20.8 Å². The molecule has 2 rings (SSSR count). The maximum atomic E-state index is 11.7. The maximum absolute atomic E-state index is 11.7. The molecule has 1 aliphatic heterocycles. The third-order valence-corrected chi connectivity index (χ3v) is 4.40. The molecule has 2 N–H and O–H groups in total. The van der Waals surface area contributed by atoms with E-state index in [4.69, 9.17) is 9.47 Å². The Morgan fingerprint density at radius 1 is 1.32 bits per heavy atom. The molecule has 1 aliphatic rings. The Kier molecular flexibility index (Phi) is 6.93. The van der Waals surface area contributed by atoms with Gasteiger partial charge in [0.25, 0.3) is 0 Å². The van der Waals surface area contributed by atoms with Crippen molar-refractivity contribution in [1.82, 2.24) is 10.6 Å². The summed E-state index contributed by atoms with van der Waals surface area (Å²) in [5.74, 6) is -1.00. The van der Waals surface area contributed by atoms with Gasteiger partial charge in [-0.25, -0.2) is 9.59 Å². The van der Waals surface area contributed by atoms with Gasteiger partial charge in [0.1, 0.15) is 6.04 Å². The Bertz CT molecular complexity index is 841. The zero-order valence-electron chi connectivity index (χ0n) is 14.8. The smallest absolute Gasteiger partial charge is 0.343 e. The highest BCUT2D eigenvalue weighted by atomic mass is 79.9. The van der Waals surface area contributed by atoms with Gasteiger partial charge in [-0.05, 0) is 17.7 Å². The summed E-state index contributed by atoms with van der Waals surface area (Å²) in [5, 5.41) is 15.3. The van der Waals surface area contributed by atoms with E-state index >= 15 is 0 Å². The third kappa shape index (κ3) is 4.97. The van der Waals surface area contributed by atoms with E-state index in [1.54, 1.807) is 12.1 Å². The Labute approximate surface area is 167 Å². The molecule has 1 fully saturated rings. The molecule has 0 saturated carbocycles. The maximum Gasteiger partial charge on any atom is 0.343 e. The lowest BCUT2D eigenvalue weighted by Gasteiger charge is -2.23. The molecule has 2 unspecified atom stereocenters. The van der Waals surface area contributed by atoms with Crippen molar-refractivity contribution < 1.29 is 33.5 Å². The summed E-state index contributed by atoms with van der Waals surface area (Å²) >= 11 is 3.32. The van der Waals surface area contributed by atoms with Gasteiger partial charge in [0, 0.05) is 9.40 Å². The van der Waals surface area contributed by atoms with Crippen LogP contribution in [0.2, 0.25) is 0 Å². The number of hydrogen-bond acceptors (Lipinski definition) is 8. The molecule has 1 aromatic carbocycles. The van der Waals surface area contributed by atoms with Gasteiger partial charge in [0.2, 0.25) is 0 Å². The number of urea groups is 1. The minimum atomic E-state index is -1.66. The standard InChI is InChI=1S/C16H16BrN3O8/c1-26-11-5-8(9(17)6-12(11)28-7-13(21)27-2)3-4-10-14(20(24)25)15(22)19-16(23)18-10/h3-6,10,14H,7H2,1-2H3,(H2,18,19,22,23)/b4-3-. The number of benzene rings is 1. The van der Waals surface area contributed by atoms with Crippen LogP contribution in [-0.2, 0) is 14.3 Å². The Balaban J connectivity index is 2.26. The number of carbonyl (C=O) groups excluding carboxylic acids is 3. The largest absolute Gasteiger partial charge is 0.493 e. The van der Waals surface area contributed by atoms with Crippen LogP contribution in [0.3, 0.4) is 0 Å². The van der Waals surface area contributed by atoms with Crippen LogP contribution in [0.25, 0.3) is 6.08 Å². The number of ether oxygens (including phenoxy) is 3.